The minimum absolute atomic E-state index is 0.0391. The molecule has 4 heteroatoms. The molecule has 5 aliphatic rings. The summed E-state index contributed by atoms with van der Waals surface area (Å²) in [6, 6.07) is 0. The summed E-state index contributed by atoms with van der Waals surface area (Å²) in [6.45, 7) is 16.0. The molecular weight excluding hydrogens is 424 g/mol. The van der Waals surface area contributed by atoms with Crippen LogP contribution in [0.4, 0.5) is 0 Å². The topological polar surface area (TPSA) is 74.6 Å². The summed E-state index contributed by atoms with van der Waals surface area (Å²) in [4.78, 5) is 26.5. The van der Waals surface area contributed by atoms with E-state index in [1.807, 2.05) is 0 Å². The minimum Gasteiger partial charge on any atom is -0.481 e. The zero-order valence-corrected chi connectivity index (χ0v) is 22.5. The number of hydrogen-bond donors (Lipinski definition) is 2. The van der Waals surface area contributed by atoms with Crippen LogP contribution in [0.25, 0.3) is 0 Å². The lowest BCUT2D eigenvalue weighted by Gasteiger charge is -2.70. The standard InChI is InChI=1S/C30H46O4/c1-25(2)12-14-30(24(33)34)15-13-27(5)18(19(30)17-25)8-9-21-28(27,6)11-10-20-26(3,4)22(31)16-23(32)29(20,21)7/h8,19-22,31H,9-17H2,1-7H3,(H,33,34)/t19?,20?,21?,22-,27?,28+,29-,30-/m0/s1. The predicted octanol–water partition coefficient (Wildman–Crippen LogP) is 6.41. The van der Waals surface area contributed by atoms with Gasteiger partial charge >= 0.3 is 5.97 Å². The Morgan fingerprint density at radius 1 is 0.941 bits per heavy atom. The van der Waals surface area contributed by atoms with E-state index < -0.39 is 22.9 Å². The number of rotatable bonds is 1. The molecule has 5 aliphatic carbocycles. The van der Waals surface area contributed by atoms with Crippen molar-refractivity contribution in [1.29, 1.82) is 0 Å². The summed E-state index contributed by atoms with van der Waals surface area (Å²) >= 11 is 0. The molecule has 2 N–H and O–H groups in total. The van der Waals surface area contributed by atoms with Gasteiger partial charge in [-0.3, -0.25) is 9.59 Å². The van der Waals surface area contributed by atoms with Gasteiger partial charge in [-0.05, 0) is 90.8 Å². The highest BCUT2D eigenvalue weighted by Gasteiger charge is 2.71. The van der Waals surface area contributed by atoms with Crippen LogP contribution >= 0.6 is 0 Å². The smallest absolute Gasteiger partial charge is 0.310 e. The number of carbonyl (C=O) groups excluding carboxylic acids is 1. The first-order valence-electron chi connectivity index (χ1n) is 13.7. The van der Waals surface area contributed by atoms with E-state index in [0.29, 0.717) is 0 Å². The van der Waals surface area contributed by atoms with Crippen LogP contribution < -0.4 is 0 Å². The molecule has 8 atom stereocenters. The first-order chi connectivity index (χ1) is 15.6. The number of fused-ring (bicyclic) bond motifs is 7. The van der Waals surface area contributed by atoms with Gasteiger partial charge in [0.05, 0.1) is 11.5 Å². The predicted molar refractivity (Wildman–Crippen MR) is 133 cm³/mol. The fourth-order valence-electron chi connectivity index (χ4n) is 10.3. The van der Waals surface area contributed by atoms with Gasteiger partial charge in [0.15, 0.2) is 0 Å². The van der Waals surface area contributed by atoms with E-state index in [2.05, 4.69) is 54.5 Å². The second-order valence-corrected chi connectivity index (χ2v) is 14.9. The fourth-order valence-corrected chi connectivity index (χ4v) is 10.3. The Bertz CT molecular complexity index is 961. The highest BCUT2D eigenvalue weighted by molar-refractivity contribution is 5.87. The van der Waals surface area contributed by atoms with Crippen molar-refractivity contribution in [2.24, 2.45) is 50.2 Å². The second kappa shape index (κ2) is 6.99. The molecule has 4 saturated carbocycles. The van der Waals surface area contributed by atoms with Gasteiger partial charge in [0.1, 0.15) is 5.78 Å². The van der Waals surface area contributed by atoms with Gasteiger partial charge in [-0.1, -0.05) is 60.1 Å². The van der Waals surface area contributed by atoms with Crippen molar-refractivity contribution < 1.29 is 19.8 Å². The van der Waals surface area contributed by atoms with E-state index in [-0.39, 0.29) is 51.6 Å². The number of carboxylic acid groups (broad SMARTS) is 1. The van der Waals surface area contributed by atoms with Crippen molar-refractivity contribution >= 4 is 11.8 Å². The van der Waals surface area contributed by atoms with E-state index in [1.54, 1.807) is 0 Å². The quantitative estimate of drug-likeness (QED) is 0.434. The molecule has 4 nitrogen and oxygen atoms in total. The average Bonchev–Trinajstić information content (AvgIpc) is 2.72. The highest BCUT2D eigenvalue weighted by Crippen LogP contribution is 2.75. The molecule has 0 heterocycles. The molecule has 0 aromatic carbocycles. The molecule has 0 spiro atoms. The number of aliphatic hydroxyl groups is 1. The van der Waals surface area contributed by atoms with E-state index in [4.69, 9.17) is 0 Å². The molecule has 0 saturated heterocycles. The van der Waals surface area contributed by atoms with Crippen molar-refractivity contribution in [3.8, 4) is 0 Å². The number of aliphatic carboxylic acids is 1. The Balaban J connectivity index is 1.63. The molecule has 4 fully saturated rings. The van der Waals surface area contributed by atoms with E-state index in [9.17, 15) is 19.8 Å². The van der Waals surface area contributed by atoms with Gasteiger partial charge in [0, 0.05) is 11.8 Å². The van der Waals surface area contributed by atoms with Gasteiger partial charge in [-0.25, -0.2) is 0 Å². The van der Waals surface area contributed by atoms with E-state index in [0.717, 1.165) is 51.4 Å². The van der Waals surface area contributed by atoms with Crippen molar-refractivity contribution in [2.75, 3.05) is 0 Å². The monoisotopic (exact) mass is 470 g/mol. The highest BCUT2D eigenvalue weighted by atomic mass is 16.4. The van der Waals surface area contributed by atoms with Crippen LogP contribution in [0.3, 0.4) is 0 Å². The molecule has 4 unspecified atom stereocenters. The Kier molecular flexibility index (Phi) is 5.04. The van der Waals surface area contributed by atoms with Crippen LogP contribution in [-0.4, -0.2) is 28.1 Å². The number of aliphatic hydroxyl groups excluding tert-OH is 1. The third kappa shape index (κ3) is 2.75. The van der Waals surface area contributed by atoms with Crippen molar-refractivity contribution in [1.82, 2.24) is 0 Å². The van der Waals surface area contributed by atoms with Crippen LogP contribution in [0.1, 0.15) is 106 Å². The summed E-state index contributed by atoms with van der Waals surface area (Å²) in [5, 5.41) is 21.3. The molecule has 5 rings (SSSR count). The molecule has 0 bridgehead atoms. The van der Waals surface area contributed by atoms with Crippen molar-refractivity contribution in [3.05, 3.63) is 11.6 Å². The van der Waals surface area contributed by atoms with E-state index in [1.165, 1.54) is 5.57 Å². The zero-order valence-electron chi connectivity index (χ0n) is 22.5. The molecule has 0 aliphatic heterocycles. The number of ketones is 1. The van der Waals surface area contributed by atoms with Crippen LogP contribution in [-0.2, 0) is 9.59 Å². The molecule has 0 aromatic heterocycles. The van der Waals surface area contributed by atoms with Gasteiger partial charge in [-0.2, -0.15) is 0 Å². The summed E-state index contributed by atoms with van der Waals surface area (Å²) in [6.07, 6.45) is 9.32. The molecule has 190 valence electrons. The number of allylic oxidation sites excluding steroid dienone is 2. The Morgan fingerprint density at radius 2 is 1.59 bits per heavy atom. The maximum atomic E-state index is 13.7. The van der Waals surface area contributed by atoms with Gasteiger partial charge in [-0.15, -0.1) is 0 Å². The van der Waals surface area contributed by atoms with Crippen LogP contribution in [0.5, 0.6) is 0 Å². The summed E-state index contributed by atoms with van der Waals surface area (Å²) in [5.41, 5.74) is 0.101. The summed E-state index contributed by atoms with van der Waals surface area (Å²) < 4.78 is 0. The Hall–Kier alpha value is -1.16. The lowest BCUT2D eigenvalue weighted by atomic mass is 9.33. The van der Waals surface area contributed by atoms with Crippen molar-refractivity contribution in [3.63, 3.8) is 0 Å². The Morgan fingerprint density at radius 3 is 2.24 bits per heavy atom. The number of carboxylic acids is 1. The third-order valence-electron chi connectivity index (χ3n) is 12.9. The maximum absolute atomic E-state index is 13.7. The molecule has 0 amide bonds. The van der Waals surface area contributed by atoms with Crippen LogP contribution in [0.2, 0.25) is 0 Å². The van der Waals surface area contributed by atoms with Gasteiger partial charge < -0.3 is 10.2 Å². The lowest BCUT2D eigenvalue weighted by molar-refractivity contribution is -0.203. The number of Topliss-reactive ketones (excluding diaryl/α,β-unsaturated/α-hetero) is 1. The van der Waals surface area contributed by atoms with Crippen LogP contribution in [0, 0.1) is 50.2 Å². The number of carbonyl (C=O) groups is 2. The normalized spacial score (nSPS) is 51.3. The van der Waals surface area contributed by atoms with Gasteiger partial charge in [0.2, 0.25) is 0 Å². The maximum Gasteiger partial charge on any atom is 0.310 e. The lowest BCUT2D eigenvalue weighted by Crippen LogP contribution is -2.67. The fraction of sp³-hybridized carbons (Fsp3) is 0.867. The zero-order chi connectivity index (χ0) is 25.1. The molecule has 0 aromatic rings. The molecular formula is C30H46O4. The Labute approximate surface area is 206 Å². The van der Waals surface area contributed by atoms with E-state index >= 15 is 0 Å². The van der Waals surface area contributed by atoms with Crippen molar-refractivity contribution in [2.45, 2.75) is 112 Å². The SMILES string of the molecule is CC1(C)CC[C@]2(C(=O)O)CCC3(C)C(=CCC4[C@@]5(C)C(=O)C[C@H](O)C(C)(C)C5CC[C@]43C)C2C1. The third-order valence-corrected chi connectivity index (χ3v) is 12.9. The first-order valence-corrected chi connectivity index (χ1v) is 13.7. The summed E-state index contributed by atoms with van der Waals surface area (Å²) in [5.74, 6) is 0.160. The second-order valence-electron chi connectivity index (χ2n) is 14.9. The average molecular weight is 471 g/mol. The molecule has 34 heavy (non-hydrogen) atoms. The minimum atomic E-state index is -0.627. The number of hydrogen-bond acceptors (Lipinski definition) is 3. The summed E-state index contributed by atoms with van der Waals surface area (Å²) in [7, 11) is 0. The van der Waals surface area contributed by atoms with Gasteiger partial charge in [0.25, 0.3) is 0 Å². The molecule has 0 radical (unpaired) electrons. The van der Waals surface area contributed by atoms with Crippen LogP contribution in [0.15, 0.2) is 11.6 Å². The first kappa shape index (κ1) is 24.5. The largest absolute Gasteiger partial charge is 0.481 e.